The molecule has 1 aromatic rings. The summed E-state index contributed by atoms with van der Waals surface area (Å²) in [6.45, 7) is 3.74. The van der Waals surface area contributed by atoms with Crippen LogP contribution in [0.2, 0.25) is 0 Å². The van der Waals surface area contributed by atoms with Gasteiger partial charge in [0.25, 0.3) is 0 Å². The number of unbranched alkanes of at least 4 members (excludes halogenated alkanes) is 2. The topological polar surface area (TPSA) is 53.0 Å². The number of nitrogens with two attached hydrogens (primary N) is 1. The molecule has 0 bridgehead atoms. The molecule has 0 radical (unpaired) electrons. The van der Waals surface area contributed by atoms with Crippen LogP contribution in [0.1, 0.15) is 31.7 Å². The molecule has 0 saturated heterocycles. The predicted octanol–water partition coefficient (Wildman–Crippen LogP) is 2.49. The lowest BCUT2D eigenvalue weighted by Crippen LogP contribution is -2.45. The molecule has 3 nitrogen and oxygen atoms in total. The molecule has 0 heterocycles. The molecule has 0 aromatic heterocycles. The molecule has 1 unspecified atom stereocenters. The van der Waals surface area contributed by atoms with E-state index in [1.165, 1.54) is 12.8 Å². The maximum atomic E-state index is 9.36. The Bertz CT molecular complexity index is 382. The van der Waals surface area contributed by atoms with E-state index in [-0.39, 0.29) is 0 Å². The molecule has 18 heavy (non-hydrogen) atoms. The van der Waals surface area contributed by atoms with E-state index in [9.17, 15) is 5.26 Å². The van der Waals surface area contributed by atoms with Gasteiger partial charge in [-0.25, -0.2) is 0 Å². The van der Waals surface area contributed by atoms with Crippen LogP contribution in [0.3, 0.4) is 0 Å². The molecule has 98 valence electrons. The van der Waals surface area contributed by atoms with Gasteiger partial charge in [0.05, 0.1) is 6.07 Å². The Morgan fingerprint density at radius 3 is 2.50 bits per heavy atom. The van der Waals surface area contributed by atoms with Crippen molar-refractivity contribution in [3.8, 4) is 6.07 Å². The van der Waals surface area contributed by atoms with Crippen LogP contribution in [0.5, 0.6) is 0 Å². The fourth-order valence-electron chi connectivity index (χ4n) is 2.06. The van der Waals surface area contributed by atoms with E-state index in [1.54, 1.807) is 0 Å². The van der Waals surface area contributed by atoms with Crippen molar-refractivity contribution in [3.63, 3.8) is 0 Å². The van der Waals surface area contributed by atoms with Crippen LogP contribution in [0, 0.1) is 11.3 Å². The minimum atomic E-state index is -0.914. The molecule has 0 saturated carbocycles. The molecule has 1 rings (SSSR count). The van der Waals surface area contributed by atoms with Crippen LogP contribution in [0.25, 0.3) is 0 Å². The third-order valence-corrected chi connectivity index (χ3v) is 3.15. The van der Waals surface area contributed by atoms with Crippen molar-refractivity contribution in [2.75, 3.05) is 20.1 Å². The number of hydrogen-bond acceptors (Lipinski definition) is 3. The summed E-state index contributed by atoms with van der Waals surface area (Å²) in [5, 5.41) is 9.36. The Morgan fingerprint density at radius 2 is 1.94 bits per heavy atom. The second-order valence-corrected chi connectivity index (χ2v) is 4.89. The first-order valence-electron chi connectivity index (χ1n) is 6.56. The summed E-state index contributed by atoms with van der Waals surface area (Å²) in [5.74, 6) is 0. The summed E-state index contributed by atoms with van der Waals surface area (Å²) in [6, 6.07) is 11.9. The first-order chi connectivity index (χ1) is 8.62. The maximum Gasteiger partial charge on any atom is 0.142 e. The van der Waals surface area contributed by atoms with Gasteiger partial charge in [0, 0.05) is 6.54 Å². The molecule has 0 spiro atoms. The van der Waals surface area contributed by atoms with Gasteiger partial charge in [-0.2, -0.15) is 5.26 Å². The van der Waals surface area contributed by atoms with Crippen molar-refractivity contribution in [1.82, 2.24) is 4.90 Å². The highest BCUT2D eigenvalue weighted by Gasteiger charge is 2.28. The molecule has 0 aliphatic rings. The van der Waals surface area contributed by atoms with Gasteiger partial charge in [0.1, 0.15) is 5.54 Å². The fraction of sp³-hybridized carbons (Fsp3) is 0.533. The molecule has 2 N–H and O–H groups in total. The fourth-order valence-corrected chi connectivity index (χ4v) is 2.06. The highest BCUT2D eigenvalue weighted by molar-refractivity contribution is 5.31. The van der Waals surface area contributed by atoms with Gasteiger partial charge in [0.15, 0.2) is 0 Å². The van der Waals surface area contributed by atoms with Gasteiger partial charge < -0.3 is 10.6 Å². The zero-order valence-electron chi connectivity index (χ0n) is 11.4. The number of nitriles is 1. The number of benzene rings is 1. The lowest BCUT2D eigenvalue weighted by molar-refractivity contribution is 0.276. The largest absolute Gasteiger partial charge is 0.309 e. The van der Waals surface area contributed by atoms with Crippen molar-refractivity contribution < 1.29 is 0 Å². The van der Waals surface area contributed by atoms with Crippen LogP contribution in [0.15, 0.2) is 30.3 Å². The van der Waals surface area contributed by atoms with Crippen LogP contribution >= 0.6 is 0 Å². The van der Waals surface area contributed by atoms with Crippen LogP contribution < -0.4 is 5.73 Å². The molecular formula is C15H23N3. The van der Waals surface area contributed by atoms with Crippen LogP contribution in [0.4, 0.5) is 0 Å². The van der Waals surface area contributed by atoms with Crippen molar-refractivity contribution in [2.24, 2.45) is 5.73 Å². The zero-order valence-corrected chi connectivity index (χ0v) is 11.4. The van der Waals surface area contributed by atoms with Crippen molar-refractivity contribution >= 4 is 0 Å². The van der Waals surface area contributed by atoms with Crippen LogP contribution in [-0.4, -0.2) is 25.0 Å². The van der Waals surface area contributed by atoms with E-state index in [4.69, 9.17) is 5.73 Å². The van der Waals surface area contributed by atoms with Crippen molar-refractivity contribution in [1.29, 1.82) is 5.26 Å². The smallest absolute Gasteiger partial charge is 0.142 e. The Kier molecular flexibility index (Phi) is 5.84. The summed E-state index contributed by atoms with van der Waals surface area (Å²) in [7, 11) is 2.03. The molecule has 0 aliphatic carbocycles. The SMILES string of the molecule is CCCCCN(C)CC(N)(C#N)c1ccccc1. The third-order valence-electron chi connectivity index (χ3n) is 3.15. The summed E-state index contributed by atoms with van der Waals surface area (Å²) < 4.78 is 0. The number of hydrogen-bond donors (Lipinski definition) is 1. The van der Waals surface area contributed by atoms with Gasteiger partial charge in [-0.1, -0.05) is 50.1 Å². The van der Waals surface area contributed by atoms with Crippen molar-refractivity contribution in [2.45, 2.75) is 31.7 Å². The van der Waals surface area contributed by atoms with Gasteiger partial charge >= 0.3 is 0 Å². The number of nitrogens with zero attached hydrogens (tertiary/aromatic N) is 2. The van der Waals surface area contributed by atoms with E-state index >= 15 is 0 Å². The first kappa shape index (κ1) is 14.7. The standard InChI is InChI=1S/C15H23N3/c1-3-4-8-11-18(2)13-15(17,12-16)14-9-6-5-7-10-14/h5-7,9-10H,3-4,8,11,13,17H2,1-2H3. The highest BCUT2D eigenvalue weighted by Crippen LogP contribution is 2.18. The second-order valence-electron chi connectivity index (χ2n) is 4.89. The molecular weight excluding hydrogens is 222 g/mol. The maximum absolute atomic E-state index is 9.36. The average molecular weight is 245 g/mol. The van der Waals surface area contributed by atoms with E-state index in [0.29, 0.717) is 6.54 Å². The van der Waals surface area contributed by atoms with Crippen molar-refractivity contribution in [3.05, 3.63) is 35.9 Å². The predicted molar refractivity (Wildman–Crippen MR) is 74.9 cm³/mol. The van der Waals surface area contributed by atoms with E-state index in [2.05, 4.69) is 17.9 Å². The number of likely N-dealkylation sites (N-methyl/N-ethyl adjacent to an activating group) is 1. The average Bonchev–Trinajstić information content (AvgIpc) is 2.40. The Labute approximate surface area is 110 Å². The normalized spacial score (nSPS) is 14.2. The Hall–Kier alpha value is -1.37. The zero-order chi connectivity index (χ0) is 13.4. The summed E-state index contributed by atoms with van der Waals surface area (Å²) in [4.78, 5) is 2.14. The molecule has 0 fully saturated rings. The first-order valence-corrected chi connectivity index (χ1v) is 6.56. The quantitative estimate of drug-likeness (QED) is 0.751. The third kappa shape index (κ3) is 4.14. The summed E-state index contributed by atoms with van der Waals surface area (Å²) >= 11 is 0. The summed E-state index contributed by atoms with van der Waals surface area (Å²) in [5.41, 5.74) is 6.19. The van der Waals surface area contributed by atoms with E-state index < -0.39 is 5.54 Å². The Balaban J connectivity index is 2.64. The van der Waals surface area contributed by atoms with Gasteiger partial charge in [-0.3, -0.25) is 0 Å². The lowest BCUT2D eigenvalue weighted by atomic mass is 9.92. The van der Waals surface area contributed by atoms with Gasteiger partial charge in [-0.05, 0) is 25.6 Å². The molecule has 0 aliphatic heterocycles. The molecule has 1 aromatic carbocycles. The minimum absolute atomic E-state index is 0.567. The lowest BCUT2D eigenvalue weighted by Gasteiger charge is -2.28. The van der Waals surface area contributed by atoms with E-state index in [1.807, 2.05) is 37.4 Å². The van der Waals surface area contributed by atoms with Gasteiger partial charge in [-0.15, -0.1) is 0 Å². The summed E-state index contributed by atoms with van der Waals surface area (Å²) in [6.07, 6.45) is 3.58. The monoisotopic (exact) mass is 245 g/mol. The number of rotatable bonds is 7. The Morgan fingerprint density at radius 1 is 1.28 bits per heavy atom. The minimum Gasteiger partial charge on any atom is -0.309 e. The van der Waals surface area contributed by atoms with E-state index in [0.717, 1.165) is 18.5 Å². The second kappa shape index (κ2) is 7.15. The highest BCUT2D eigenvalue weighted by atomic mass is 15.1. The molecule has 0 amide bonds. The van der Waals surface area contributed by atoms with Gasteiger partial charge in [0.2, 0.25) is 0 Å². The molecule has 3 heteroatoms. The van der Waals surface area contributed by atoms with Crippen LogP contribution in [-0.2, 0) is 5.54 Å². The molecule has 1 atom stereocenters.